The summed E-state index contributed by atoms with van der Waals surface area (Å²) in [5.74, 6) is 0.661. The molecule has 100 valence electrons. The lowest BCUT2D eigenvalue weighted by Crippen LogP contribution is -1.86. The quantitative estimate of drug-likeness (QED) is 0.599. The maximum Gasteiger partial charge on any atom is 0.124 e. The number of hydrogen-bond donors (Lipinski definition) is 0. The van der Waals surface area contributed by atoms with Crippen LogP contribution in [-0.4, -0.2) is 10.9 Å². The Morgan fingerprint density at radius 2 is 1.65 bits per heavy atom. The average Bonchev–Trinajstić information content (AvgIpc) is 2.99. The van der Waals surface area contributed by atoms with E-state index < -0.39 is 0 Å². The zero-order valence-corrected chi connectivity index (χ0v) is 12.5. The molecular weight excluding hydrogens is 286 g/mol. The molecule has 0 N–H and O–H groups in total. The normalized spacial score (nSPS) is 10.7. The Bertz CT molecular complexity index is 674. The lowest BCUT2D eigenvalue weighted by Gasteiger charge is -2.00. The summed E-state index contributed by atoms with van der Waals surface area (Å²) in [7, 11) is 0. The van der Waals surface area contributed by atoms with Crippen LogP contribution in [0.3, 0.4) is 0 Å². The maximum atomic E-state index is 5.75. The Kier molecular flexibility index (Phi) is 4.14. The standard InChI is InChI=1S/C17H14ClNS/c18-11-10-13-6-8-14(9-7-13)16-12-20-17(19-16)15-4-2-1-3-5-15/h1-9,12H,10-11H2. The van der Waals surface area contributed by atoms with Crippen molar-refractivity contribution >= 4 is 22.9 Å². The van der Waals surface area contributed by atoms with Crippen LogP contribution in [-0.2, 0) is 6.42 Å². The van der Waals surface area contributed by atoms with Gasteiger partial charge in [-0.25, -0.2) is 4.98 Å². The molecule has 0 amide bonds. The molecule has 0 unspecified atom stereocenters. The van der Waals surface area contributed by atoms with Gasteiger partial charge in [-0.15, -0.1) is 22.9 Å². The lowest BCUT2D eigenvalue weighted by molar-refractivity contribution is 1.15. The molecule has 0 bridgehead atoms. The third kappa shape index (κ3) is 2.92. The molecule has 0 saturated carbocycles. The van der Waals surface area contributed by atoms with Crippen molar-refractivity contribution in [1.82, 2.24) is 4.98 Å². The second-order valence-electron chi connectivity index (χ2n) is 4.54. The first kappa shape index (κ1) is 13.3. The molecule has 20 heavy (non-hydrogen) atoms. The fraction of sp³-hybridized carbons (Fsp3) is 0.118. The van der Waals surface area contributed by atoms with E-state index in [4.69, 9.17) is 16.6 Å². The van der Waals surface area contributed by atoms with E-state index in [1.165, 1.54) is 11.1 Å². The molecule has 0 atom stereocenters. The number of alkyl halides is 1. The van der Waals surface area contributed by atoms with Crippen molar-refractivity contribution in [1.29, 1.82) is 0 Å². The Morgan fingerprint density at radius 3 is 2.35 bits per heavy atom. The smallest absolute Gasteiger partial charge is 0.124 e. The van der Waals surface area contributed by atoms with Gasteiger partial charge in [0.15, 0.2) is 0 Å². The molecule has 0 saturated heterocycles. The molecule has 3 rings (SSSR count). The minimum absolute atomic E-state index is 0.661. The molecule has 3 aromatic rings. The van der Waals surface area contributed by atoms with Crippen molar-refractivity contribution < 1.29 is 0 Å². The summed E-state index contributed by atoms with van der Waals surface area (Å²) in [4.78, 5) is 4.72. The van der Waals surface area contributed by atoms with Crippen molar-refractivity contribution in [2.45, 2.75) is 6.42 Å². The molecule has 0 fully saturated rings. The summed E-state index contributed by atoms with van der Waals surface area (Å²) in [6.45, 7) is 0. The average molecular weight is 300 g/mol. The first-order valence-corrected chi connectivity index (χ1v) is 7.94. The van der Waals surface area contributed by atoms with E-state index in [1.807, 2.05) is 18.2 Å². The summed E-state index contributed by atoms with van der Waals surface area (Å²) in [5, 5.41) is 3.17. The first-order chi connectivity index (χ1) is 9.86. The van der Waals surface area contributed by atoms with Gasteiger partial charge >= 0.3 is 0 Å². The van der Waals surface area contributed by atoms with E-state index in [1.54, 1.807) is 11.3 Å². The van der Waals surface area contributed by atoms with Crippen LogP contribution >= 0.6 is 22.9 Å². The minimum Gasteiger partial charge on any atom is -0.236 e. The highest BCUT2D eigenvalue weighted by atomic mass is 35.5. The Balaban J connectivity index is 1.86. The van der Waals surface area contributed by atoms with Gasteiger partial charge in [-0.05, 0) is 12.0 Å². The van der Waals surface area contributed by atoms with Crippen LogP contribution in [0, 0.1) is 0 Å². The van der Waals surface area contributed by atoms with Gasteiger partial charge in [-0.2, -0.15) is 0 Å². The van der Waals surface area contributed by atoms with Gasteiger partial charge in [0, 0.05) is 22.4 Å². The van der Waals surface area contributed by atoms with Gasteiger partial charge in [-0.1, -0.05) is 54.6 Å². The Hall–Kier alpha value is -1.64. The van der Waals surface area contributed by atoms with Gasteiger partial charge in [-0.3, -0.25) is 0 Å². The number of benzene rings is 2. The number of halogens is 1. The molecule has 0 aliphatic rings. The fourth-order valence-electron chi connectivity index (χ4n) is 2.07. The van der Waals surface area contributed by atoms with Gasteiger partial charge in [0.1, 0.15) is 5.01 Å². The molecule has 0 spiro atoms. The number of aryl methyl sites for hydroxylation is 1. The maximum absolute atomic E-state index is 5.75. The lowest BCUT2D eigenvalue weighted by atomic mass is 10.1. The number of aromatic nitrogens is 1. The third-order valence-electron chi connectivity index (χ3n) is 3.16. The van der Waals surface area contributed by atoms with Crippen molar-refractivity contribution in [3.63, 3.8) is 0 Å². The zero-order valence-electron chi connectivity index (χ0n) is 10.9. The second-order valence-corrected chi connectivity index (χ2v) is 5.78. The molecule has 0 aliphatic heterocycles. The fourth-order valence-corrected chi connectivity index (χ4v) is 3.12. The molecule has 1 nitrogen and oxygen atoms in total. The predicted molar refractivity (Wildman–Crippen MR) is 87.4 cm³/mol. The van der Waals surface area contributed by atoms with Crippen molar-refractivity contribution in [2.75, 3.05) is 5.88 Å². The molecule has 1 aromatic heterocycles. The van der Waals surface area contributed by atoms with Crippen LogP contribution in [0.5, 0.6) is 0 Å². The van der Waals surface area contributed by atoms with Crippen LogP contribution in [0.15, 0.2) is 60.0 Å². The second kappa shape index (κ2) is 6.21. The molecule has 3 heteroatoms. The zero-order chi connectivity index (χ0) is 13.8. The van der Waals surface area contributed by atoms with Gasteiger partial charge in [0.25, 0.3) is 0 Å². The topological polar surface area (TPSA) is 12.9 Å². The molecule has 0 aliphatic carbocycles. The van der Waals surface area contributed by atoms with Gasteiger partial charge < -0.3 is 0 Å². The van der Waals surface area contributed by atoms with E-state index in [9.17, 15) is 0 Å². The third-order valence-corrected chi connectivity index (χ3v) is 4.24. The Labute approximate surface area is 127 Å². The van der Waals surface area contributed by atoms with E-state index in [-0.39, 0.29) is 0 Å². The minimum atomic E-state index is 0.661. The van der Waals surface area contributed by atoms with Crippen molar-refractivity contribution in [3.05, 3.63) is 65.5 Å². The van der Waals surface area contributed by atoms with E-state index in [0.29, 0.717) is 5.88 Å². The van der Waals surface area contributed by atoms with Gasteiger partial charge in [0.2, 0.25) is 0 Å². The van der Waals surface area contributed by atoms with Crippen LogP contribution in [0.2, 0.25) is 0 Å². The molecule has 2 aromatic carbocycles. The monoisotopic (exact) mass is 299 g/mol. The highest BCUT2D eigenvalue weighted by Gasteiger charge is 2.06. The summed E-state index contributed by atoms with van der Waals surface area (Å²) >= 11 is 7.43. The van der Waals surface area contributed by atoms with E-state index >= 15 is 0 Å². The first-order valence-electron chi connectivity index (χ1n) is 6.53. The molecular formula is C17H14ClNS. The van der Waals surface area contributed by atoms with Crippen molar-refractivity contribution in [2.24, 2.45) is 0 Å². The van der Waals surface area contributed by atoms with Crippen LogP contribution < -0.4 is 0 Å². The summed E-state index contributed by atoms with van der Waals surface area (Å²) in [6, 6.07) is 18.8. The van der Waals surface area contributed by atoms with Crippen molar-refractivity contribution in [3.8, 4) is 21.8 Å². The summed E-state index contributed by atoms with van der Waals surface area (Å²) in [6.07, 6.45) is 0.911. The van der Waals surface area contributed by atoms with Gasteiger partial charge in [0.05, 0.1) is 5.69 Å². The van der Waals surface area contributed by atoms with E-state index in [0.717, 1.165) is 22.7 Å². The molecule has 1 heterocycles. The highest BCUT2D eigenvalue weighted by molar-refractivity contribution is 7.13. The SMILES string of the molecule is ClCCc1ccc(-c2csc(-c3ccccc3)n2)cc1. The van der Waals surface area contributed by atoms with Crippen LogP contribution in [0.1, 0.15) is 5.56 Å². The summed E-state index contributed by atoms with van der Waals surface area (Å²) in [5.41, 5.74) is 4.62. The molecule has 0 radical (unpaired) electrons. The Morgan fingerprint density at radius 1 is 0.900 bits per heavy atom. The number of nitrogens with zero attached hydrogens (tertiary/aromatic N) is 1. The predicted octanol–water partition coefficient (Wildman–Crippen LogP) is 5.26. The largest absolute Gasteiger partial charge is 0.236 e. The number of rotatable bonds is 4. The summed E-state index contributed by atoms with van der Waals surface area (Å²) < 4.78 is 0. The van der Waals surface area contributed by atoms with Crippen LogP contribution in [0.4, 0.5) is 0 Å². The number of hydrogen-bond acceptors (Lipinski definition) is 2. The van der Waals surface area contributed by atoms with Crippen LogP contribution in [0.25, 0.3) is 21.8 Å². The highest BCUT2D eigenvalue weighted by Crippen LogP contribution is 2.28. The van der Waals surface area contributed by atoms with E-state index in [2.05, 4.69) is 41.8 Å². The number of thiazole rings is 1.